The zero-order valence-corrected chi connectivity index (χ0v) is 40.0. The van der Waals surface area contributed by atoms with Crippen LogP contribution in [0.25, 0.3) is 0 Å². The van der Waals surface area contributed by atoms with E-state index in [1.54, 1.807) is 0 Å². The Balaban J connectivity index is 0.00000322. The van der Waals surface area contributed by atoms with Crippen LogP contribution in [0.2, 0.25) is 0 Å². The number of benzene rings is 4. The van der Waals surface area contributed by atoms with Crippen LogP contribution in [0.4, 0.5) is 0 Å². The third-order valence-corrected chi connectivity index (χ3v) is 9.86. The van der Waals surface area contributed by atoms with E-state index in [1.165, 1.54) is 19.2 Å². The summed E-state index contributed by atoms with van der Waals surface area (Å²) >= 11 is 0. The van der Waals surface area contributed by atoms with Gasteiger partial charge in [0.1, 0.15) is 47.6 Å². The van der Waals surface area contributed by atoms with Crippen molar-refractivity contribution in [3.8, 4) is 23.0 Å². The number of methoxy groups -OCH3 is 1. The minimum absolute atomic E-state index is 0. The number of hydrogen-bond acceptors (Lipinski definition) is 16. The molecule has 0 amide bonds. The zero-order chi connectivity index (χ0) is 36.6. The molecule has 0 fully saturated rings. The van der Waals surface area contributed by atoms with Gasteiger partial charge in [-0.3, -0.25) is 0 Å². The van der Waals surface area contributed by atoms with Gasteiger partial charge in [0.15, 0.2) is 0 Å². The summed E-state index contributed by atoms with van der Waals surface area (Å²) in [5.74, 6) is -1.46. The van der Waals surface area contributed by atoms with E-state index in [2.05, 4.69) is 6.07 Å². The van der Waals surface area contributed by atoms with Gasteiger partial charge in [-0.05, 0) is 77.1 Å². The van der Waals surface area contributed by atoms with Gasteiger partial charge in [0.2, 0.25) is 0 Å². The van der Waals surface area contributed by atoms with E-state index in [-0.39, 0.29) is 187 Å². The first-order valence-corrected chi connectivity index (χ1v) is 18.6. The molecule has 24 heteroatoms. The first-order valence-electron chi connectivity index (χ1n) is 13.3. The molecule has 0 saturated heterocycles. The number of phenols is 3. The van der Waals surface area contributed by atoms with Crippen LogP contribution >= 0.6 is 0 Å². The van der Waals surface area contributed by atoms with Crippen LogP contribution in [-0.2, 0) is 66.6 Å². The first-order chi connectivity index (χ1) is 22.6. The first kappa shape index (κ1) is 52.4. The summed E-state index contributed by atoms with van der Waals surface area (Å²) in [5.41, 5.74) is -0.545. The average Bonchev–Trinajstić information content (AvgIpc) is 2.96. The molecule has 0 aromatic heterocycles. The third kappa shape index (κ3) is 13.2. The van der Waals surface area contributed by atoms with E-state index in [4.69, 9.17) is 17.4 Å². The Labute approximate surface area is 394 Å². The molecule has 1 aliphatic rings. The van der Waals surface area contributed by atoms with Crippen molar-refractivity contribution in [3.63, 3.8) is 0 Å². The molecule has 53 heavy (non-hydrogen) atoms. The molecule has 0 unspecified atom stereocenters. The van der Waals surface area contributed by atoms with Crippen molar-refractivity contribution in [3.05, 3.63) is 99.1 Å². The van der Waals surface area contributed by atoms with Crippen LogP contribution in [0.5, 0.6) is 23.0 Å². The monoisotopic (exact) mass is 846 g/mol. The van der Waals surface area contributed by atoms with E-state index in [1.807, 2.05) is 0 Å². The minimum Gasteiger partial charge on any atom is -0.744 e. The van der Waals surface area contributed by atoms with E-state index >= 15 is 0 Å². The van der Waals surface area contributed by atoms with Gasteiger partial charge in [-0.15, -0.1) is 23.8 Å². The fourth-order valence-corrected chi connectivity index (χ4v) is 7.07. The van der Waals surface area contributed by atoms with Crippen molar-refractivity contribution in [2.45, 2.75) is 40.4 Å². The van der Waals surface area contributed by atoms with E-state index < -0.39 is 80.0 Å². The Morgan fingerprint density at radius 2 is 0.755 bits per heavy atom. The smallest absolute Gasteiger partial charge is 0.744 e. The molecule has 4 aromatic carbocycles. The molecule has 0 saturated carbocycles. The molecule has 0 radical (unpaired) electrons. The SMILES string of the molecule is COc1c2cc(S(=O)(=O)[O-])cc1Cc1cc(S(=O)(=O)[O-])cc(c1O)Cc1cc(S(=O)(=O)[O-])cc(c1O)Cc1c[c-]cc(c1O)C2.O=S(=O)=O.[Na+].[Na+].[Na+].[Na+]. The van der Waals surface area contributed by atoms with Gasteiger partial charge in [0.05, 0.1) is 21.8 Å². The standard InChI is InChI=1S/C29H25O13S3.4Na.O3S/c1-42-29-21-6-16-4-2-3-15(26(16)30)5-17-9-23(43(33,34)35)10-18(27(17)31)7-19-11-24(44(36,37)38)12-20(28(19)32)8-22(29)14-25(13-21)45(39,40)41;;;;;1-4(2)3/h3-4,9-14,30-32H,5-8H2,1H3,(H,33,34,35)(H,36,37,38)(H,39,40,41);;;;;/q-1;4*+1;/p-3. The van der Waals surface area contributed by atoms with Crippen molar-refractivity contribution >= 4 is 41.0 Å². The van der Waals surface area contributed by atoms with E-state index in [0.29, 0.717) is 0 Å². The van der Waals surface area contributed by atoms with Crippen LogP contribution in [-0.4, -0.2) is 74.0 Å². The largest absolute Gasteiger partial charge is 1.00 e. The second kappa shape index (κ2) is 20.7. The number of phenolic OH excluding ortho intramolecular Hbond substituents is 3. The number of aromatic hydroxyl groups is 3. The molecule has 0 aliphatic heterocycles. The third-order valence-electron chi connectivity index (χ3n) is 7.42. The van der Waals surface area contributed by atoms with Crippen molar-refractivity contribution in [1.29, 1.82) is 0 Å². The molecular weight excluding hydrogens is 825 g/mol. The molecule has 0 spiro atoms. The van der Waals surface area contributed by atoms with Crippen molar-refractivity contribution in [2.75, 3.05) is 7.11 Å². The number of fused-ring (bicyclic) bond motifs is 8. The van der Waals surface area contributed by atoms with Crippen LogP contribution in [0, 0.1) is 6.07 Å². The molecular formula is C29H22Na4O16S4. The van der Waals surface area contributed by atoms with Crippen LogP contribution in [0.15, 0.2) is 63.2 Å². The van der Waals surface area contributed by atoms with Crippen molar-refractivity contribution in [1.82, 2.24) is 0 Å². The van der Waals surface area contributed by atoms with E-state index in [0.717, 1.165) is 36.4 Å². The number of hydrogen-bond donors (Lipinski definition) is 3. The quantitative estimate of drug-likeness (QED) is 0.0860. The average molecular weight is 847 g/mol. The number of rotatable bonds is 4. The van der Waals surface area contributed by atoms with E-state index in [9.17, 15) is 54.2 Å². The molecule has 4 aromatic rings. The van der Waals surface area contributed by atoms with Gasteiger partial charge in [0, 0.05) is 24.2 Å². The number of ether oxygens (including phenoxy) is 1. The van der Waals surface area contributed by atoms with Gasteiger partial charge in [-0.2, -0.15) is 18.2 Å². The molecule has 5 rings (SSSR count). The second-order valence-electron chi connectivity index (χ2n) is 10.6. The van der Waals surface area contributed by atoms with Gasteiger partial charge < -0.3 is 33.7 Å². The zero-order valence-electron chi connectivity index (χ0n) is 28.7. The van der Waals surface area contributed by atoms with Gasteiger partial charge in [-0.25, -0.2) is 25.3 Å². The summed E-state index contributed by atoms with van der Waals surface area (Å²) in [6.45, 7) is 0. The summed E-state index contributed by atoms with van der Waals surface area (Å²) in [5, 5.41) is 33.6. The van der Waals surface area contributed by atoms with Crippen LogP contribution in [0.3, 0.4) is 0 Å². The van der Waals surface area contributed by atoms with Crippen LogP contribution < -0.4 is 123 Å². The van der Waals surface area contributed by atoms with Gasteiger partial charge in [-0.1, -0.05) is 0 Å². The van der Waals surface area contributed by atoms with Crippen molar-refractivity contribution in [2.24, 2.45) is 0 Å². The summed E-state index contributed by atoms with van der Waals surface area (Å²) in [4.78, 5) is -2.27. The maximum atomic E-state index is 12.1. The Morgan fingerprint density at radius 3 is 1.04 bits per heavy atom. The Morgan fingerprint density at radius 1 is 0.528 bits per heavy atom. The summed E-state index contributed by atoms with van der Waals surface area (Å²) in [6, 6.07) is 10.9. The molecule has 1 aliphatic carbocycles. The Hall–Kier alpha value is -0.570. The molecule has 0 atom stereocenters. The summed E-state index contributed by atoms with van der Waals surface area (Å²) in [6.07, 6.45) is -1.65. The topological polar surface area (TPSA) is 293 Å². The fourth-order valence-electron chi connectivity index (χ4n) is 5.35. The van der Waals surface area contributed by atoms with Crippen LogP contribution in [0.1, 0.15) is 44.5 Å². The predicted octanol–water partition coefficient (Wildman–Crippen LogP) is -11.0. The Bertz CT molecular complexity index is 2450. The molecule has 0 heterocycles. The molecule has 262 valence electrons. The fraction of sp³-hybridized carbons (Fsp3) is 0.172. The predicted molar refractivity (Wildman–Crippen MR) is 161 cm³/mol. The summed E-state index contributed by atoms with van der Waals surface area (Å²) in [7, 11) is -17.2. The Kier molecular flexibility index (Phi) is 20.5. The summed E-state index contributed by atoms with van der Waals surface area (Å²) < 4.78 is 140. The molecule has 3 N–H and O–H groups in total. The molecule has 16 nitrogen and oxygen atoms in total. The minimum atomic E-state index is -5.17. The maximum absolute atomic E-state index is 12.1. The maximum Gasteiger partial charge on any atom is 1.00 e. The van der Waals surface area contributed by atoms with Crippen molar-refractivity contribution < 1.29 is 190 Å². The molecule has 8 bridgehead atoms. The second-order valence-corrected chi connectivity index (χ2v) is 15.1. The normalized spacial score (nSPS) is 12.2. The van der Waals surface area contributed by atoms with Gasteiger partial charge in [0.25, 0.3) is 0 Å². The van der Waals surface area contributed by atoms with Gasteiger partial charge >= 0.3 is 129 Å².